The summed E-state index contributed by atoms with van der Waals surface area (Å²) in [5.74, 6) is -4.84. The Morgan fingerprint density at radius 3 is 2.48 bits per heavy atom. The van der Waals surface area contributed by atoms with E-state index in [9.17, 15) is 29.1 Å². The predicted octanol–water partition coefficient (Wildman–Crippen LogP) is 6.18. The number of Topliss-reactive ketones (excluding diaryl/α,β-unsaturated/α-hetero) is 1. The van der Waals surface area contributed by atoms with Gasteiger partial charge in [0.05, 0.1) is 24.9 Å². The molecule has 0 saturated heterocycles. The fourth-order valence-electron chi connectivity index (χ4n) is 10.3. The number of aliphatic hydroxyl groups is 1. The molecule has 306 valence electrons. The summed E-state index contributed by atoms with van der Waals surface area (Å²) in [5, 5.41) is 16.3. The summed E-state index contributed by atoms with van der Waals surface area (Å²) in [4.78, 5) is 68.1. The maximum Gasteiger partial charge on any atom is 0.306 e. The molecule has 7 rings (SSSR count). The maximum absolute atomic E-state index is 17.3. The predicted molar refractivity (Wildman–Crippen MR) is 210 cm³/mol. The number of hydrogen-bond acceptors (Lipinski definition) is 10. The number of fused-ring (bicyclic) bond motifs is 6. The van der Waals surface area contributed by atoms with E-state index in [1.807, 2.05) is 31.2 Å². The number of ether oxygens (including phenoxy) is 2. The number of pyridine rings is 1. The minimum absolute atomic E-state index is 0.0424. The van der Waals surface area contributed by atoms with Crippen LogP contribution in [0.5, 0.6) is 0 Å². The molecule has 0 aliphatic heterocycles. The molecule has 0 radical (unpaired) electrons. The number of esters is 2. The van der Waals surface area contributed by atoms with Gasteiger partial charge in [-0.05, 0) is 109 Å². The van der Waals surface area contributed by atoms with E-state index < -0.39 is 76.8 Å². The van der Waals surface area contributed by atoms with Gasteiger partial charge in [0.15, 0.2) is 17.2 Å². The normalized spacial score (nSPS) is 30.3. The number of carbonyl (C=O) groups excluding carboxylic acids is 5. The second-order valence-corrected chi connectivity index (χ2v) is 16.7. The molecule has 1 aromatic heterocycles. The van der Waals surface area contributed by atoms with E-state index in [-0.39, 0.29) is 49.6 Å². The summed E-state index contributed by atoms with van der Waals surface area (Å²) >= 11 is 0. The SMILES string of the molecule is C[C@]12C[C@H](O)[C@@]3(F)[C@@H](C[C@H](F)C4=CC(=O)C=C[C@@]43C)C1CC[C@@H]2C(=O)COC(=O)CCC(=O)OCc1ccc(C(CCN)C(=O)Nc2ccc3cnccc3c2)cc1. The second-order valence-electron chi connectivity index (χ2n) is 16.7. The highest BCUT2D eigenvalue weighted by molar-refractivity contribution is 6.01. The van der Waals surface area contributed by atoms with E-state index in [1.54, 1.807) is 36.7 Å². The Balaban J connectivity index is 0.873. The Labute approximate surface area is 335 Å². The molecular weight excluding hydrogens is 749 g/mol. The molecule has 13 heteroatoms. The first-order valence-electron chi connectivity index (χ1n) is 19.9. The van der Waals surface area contributed by atoms with Crippen LogP contribution in [0, 0.1) is 28.6 Å². The smallest absolute Gasteiger partial charge is 0.306 e. The van der Waals surface area contributed by atoms with Gasteiger partial charge in [0.1, 0.15) is 19.4 Å². The van der Waals surface area contributed by atoms with E-state index in [0.717, 1.165) is 22.4 Å². The van der Waals surface area contributed by atoms with Crippen molar-refractivity contribution in [2.45, 2.75) is 89.3 Å². The molecule has 1 heterocycles. The number of amides is 1. The van der Waals surface area contributed by atoms with Crippen LogP contribution in [-0.2, 0) is 40.1 Å². The molecule has 0 bridgehead atoms. The van der Waals surface area contributed by atoms with Crippen molar-refractivity contribution in [3.8, 4) is 0 Å². The van der Waals surface area contributed by atoms with E-state index in [0.29, 0.717) is 37.1 Å². The number of carbonyl (C=O) groups is 5. The van der Waals surface area contributed by atoms with E-state index >= 15 is 8.78 Å². The van der Waals surface area contributed by atoms with Crippen LogP contribution >= 0.6 is 0 Å². The third-order valence-corrected chi connectivity index (χ3v) is 13.4. The Morgan fingerprint density at radius 2 is 1.74 bits per heavy atom. The molecular formula is C45H49F2N3O8. The molecule has 0 spiro atoms. The number of anilines is 1. The van der Waals surface area contributed by atoms with Gasteiger partial charge in [0.2, 0.25) is 5.91 Å². The number of halogens is 2. The highest BCUT2D eigenvalue weighted by atomic mass is 19.1. The minimum atomic E-state index is -2.23. The van der Waals surface area contributed by atoms with Crippen molar-refractivity contribution in [3.63, 3.8) is 0 Å². The number of allylic oxidation sites excluding steroid dienone is 4. The number of ketones is 2. The molecule has 2 unspecified atom stereocenters. The zero-order valence-corrected chi connectivity index (χ0v) is 32.6. The fourth-order valence-corrected chi connectivity index (χ4v) is 10.3. The molecule has 1 amide bonds. The maximum atomic E-state index is 17.3. The van der Waals surface area contributed by atoms with Gasteiger partial charge in [0, 0.05) is 40.7 Å². The number of rotatable bonds is 13. The highest BCUT2D eigenvalue weighted by Crippen LogP contribution is 2.69. The van der Waals surface area contributed by atoms with Gasteiger partial charge in [-0.3, -0.25) is 29.0 Å². The van der Waals surface area contributed by atoms with Crippen molar-refractivity contribution in [1.29, 1.82) is 0 Å². The van der Waals surface area contributed by atoms with Gasteiger partial charge < -0.3 is 25.6 Å². The Hall–Kier alpha value is -5.14. The zero-order valence-electron chi connectivity index (χ0n) is 32.6. The quantitative estimate of drug-likeness (QED) is 0.170. The lowest BCUT2D eigenvalue weighted by atomic mass is 9.45. The molecule has 3 aromatic rings. The van der Waals surface area contributed by atoms with Gasteiger partial charge in [-0.1, -0.05) is 43.3 Å². The lowest BCUT2D eigenvalue weighted by Gasteiger charge is -2.62. The Kier molecular flexibility index (Phi) is 11.5. The van der Waals surface area contributed by atoms with Crippen LogP contribution in [0.1, 0.15) is 75.8 Å². The summed E-state index contributed by atoms with van der Waals surface area (Å²) in [5.41, 5.74) is 3.39. The fraction of sp³-hybridized carbons (Fsp3) is 0.467. The standard InChI is InChI=1S/C45H49F2N3O8/c1-43-22-39(53)45(47)35(21-37(46)36-20-31(51)13-16-44(36,45)2)33(43)9-10-34(43)38(52)25-58-41(55)12-11-40(54)57-24-26-3-5-27(6-4-26)32(14-17-48)42(56)50-30-8-7-29-23-49-18-15-28(29)19-30/h3-8,13,15-16,18-20,23,32-35,37,39,53H,9-12,14,17,21-22,24-25,48H2,1-2H3,(H,50,56)/t32?,33?,34-,35+,37+,39+,43+,44+,45+/m1/s1. The van der Waals surface area contributed by atoms with E-state index in [2.05, 4.69) is 10.3 Å². The van der Waals surface area contributed by atoms with Gasteiger partial charge >= 0.3 is 11.9 Å². The van der Waals surface area contributed by atoms with Crippen molar-refractivity contribution < 1.29 is 47.3 Å². The summed E-state index contributed by atoms with van der Waals surface area (Å²) in [6, 6.07) is 14.5. The molecule has 4 aliphatic rings. The number of nitrogens with one attached hydrogen (secondary N) is 1. The first-order chi connectivity index (χ1) is 27.7. The van der Waals surface area contributed by atoms with Crippen molar-refractivity contribution >= 4 is 45.9 Å². The molecule has 9 atom stereocenters. The summed E-state index contributed by atoms with van der Waals surface area (Å²) in [6.07, 6.45) is 4.53. The van der Waals surface area contributed by atoms with Crippen LogP contribution in [0.2, 0.25) is 0 Å². The average molecular weight is 798 g/mol. The van der Waals surface area contributed by atoms with Crippen LogP contribution in [0.15, 0.2) is 84.7 Å². The largest absolute Gasteiger partial charge is 0.461 e. The molecule has 3 saturated carbocycles. The number of aromatic nitrogens is 1. The summed E-state index contributed by atoms with van der Waals surface area (Å²) in [6.45, 7) is 3.05. The lowest BCUT2D eigenvalue weighted by Crippen LogP contribution is -2.68. The highest BCUT2D eigenvalue weighted by Gasteiger charge is 2.72. The molecule has 58 heavy (non-hydrogen) atoms. The Morgan fingerprint density at radius 1 is 1.00 bits per heavy atom. The topological polar surface area (TPSA) is 175 Å². The molecule has 3 fully saturated rings. The van der Waals surface area contributed by atoms with Crippen LogP contribution in [0.4, 0.5) is 14.5 Å². The number of alkyl halides is 2. The number of nitrogens with zero attached hydrogens (tertiary/aromatic N) is 1. The Bertz CT molecular complexity index is 2180. The van der Waals surface area contributed by atoms with Gasteiger partial charge in [-0.2, -0.15) is 0 Å². The van der Waals surface area contributed by atoms with Crippen molar-refractivity contribution in [2.75, 3.05) is 18.5 Å². The molecule has 11 nitrogen and oxygen atoms in total. The third-order valence-electron chi connectivity index (χ3n) is 13.4. The minimum Gasteiger partial charge on any atom is -0.461 e. The monoisotopic (exact) mass is 797 g/mol. The lowest BCUT2D eigenvalue weighted by molar-refractivity contribution is -0.202. The summed E-state index contributed by atoms with van der Waals surface area (Å²) in [7, 11) is 0. The first-order valence-corrected chi connectivity index (χ1v) is 19.9. The first kappa shape index (κ1) is 41.0. The number of nitrogens with two attached hydrogens (primary N) is 1. The van der Waals surface area contributed by atoms with Gasteiger partial charge in [-0.15, -0.1) is 0 Å². The van der Waals surface area contributed by atoms with Crippen LogP contribution in [-0.4, -0.2) is 70.6 Å². The summed E-state index contributed by atoms with van der Waals surface area (Å²) < 4.78 is 43.5. The molecule has 4 N–H and O–H groups in total. The van der Waals surface area contributed by atoms with Crippen LogP contribution in [0.25, 0.3) is 10.8 Å². The van der Waals surface area contributed by atoms with E-state index in [1.165, 1.54) is 19.1 Å². The van der Waals surface area contributed by atoms with Crippen LogP contribution in [0.3, 0.4) is 0 Å². The van der Waals surface area contributed by atoms with Gasteiger partial charge in [0.25, 0.3) is 0 Å². The number of aliphatic hydroxyl groups excluding tert-OH is 1. The van der Waals surface area contributed by atoms with Crippen molar-refractivity contribution in [2.24, 2.45) is 34.3 Å². The number of benzene rings is 2. The van der Waals surface area contributed by atoms with Crippen LogP contribution < -0.4 is 11.1 Å². The average Bonchev–Trinajstić information content (AvgIpc) is 3.55. The number of hydrogen-bond donors (Lipinski definition) is 3. The van der Waals surface area contributed by atoms with E-state index in [4.69, 9.17) is 15.2 Å². The van der Waals surface area contributed by atoms with Crippen molar-refractivity contribution in [3.05, 3.63) is 95.9 Å². The molecule has 4 aliphatic carbocycles. The van der Waals surface area contributed by atoms with Gasteiger partial charge in [-0.25, -0.2) is 8.78 Å². The molecule has 2 aromatic carbocycles. The second kappa shape index (κ2) is 16.2. The zero-order chi connectivity index (χ0) is 41.4. The third kappa shape index (κ3) is 7.50. The van der Waals surface area contributed by atoms with Crippen molar-refractivity contribution in [1.82, 2.24) is 4.98 Å².